The average Bonchev–Trinajstić information content (AvgIpc) is 3.34. The van der Waals surface area contributed by atoms with Crippen LogP contribution in [0.25, 0.3) is 0 Å². The van der Waals surface area contributed by atoms with E-state index in [1.807, 2.05) is 59.7 Å². The number of fused-ring (bicyclic) bond motifs is 1. The van der Waals surface area contributed by atoms with Gasteiger partial charge >= 0.3 is 0 Å². The van der Waals surface area contributed by atoms with Gasteiger partial charge < -0.3 is 20.0 Å². The van der Waals surface area contributed by atoms with E-state index in [1.54, 1.807) is 0 Å². The van der Waals surface area contributed by atoms with Crippen LogP contribution in [-0.2, 0) is 27.2 Å². The van der Waals surface area contributed by atoms with Crippen LogP contribution >= 0.6 is 0 Å². The molecule has 3 amide bonds. The van der Waals surface area contributed by atoms with Crippen molar-refractivity contribution in [3.63, 3.8) is 0 Å². The van der Waals surface area contributed by atoms with Crippen molar-refractivity contribution in [3.8, 4) is 0 Å². The zero-order chi connectivity index (χ0) is 25.4. The van der Waals surface area contributed by atoms with Gasteiger partial charge in [-0.1, -0.05) is 38.1 Å². The van der Waals surface area contributed by atoms with Gasteiger partial charge in [0.2, 0.25) is 11.8 Å². The van der Waals surface area contributed by atoms with Crippen molar-refractivity contribution < 1.29 is 18.8 Å². The quantitative estimate of drug-likeness (QED) is 0.635. The summed E-state index contributed by atoms with van der Waals surface area (Å²) >= 11 is 0. The number of carbonyl (C=O) groups excluding carboxylic acids is 3. The number of amides is 3. The van der Waals surface area contributed by atoms with Gasteiger partial charge in [-0.15, -0.1) is 0 Å². The maximum Gasteiger partial charge on any atom is 0.250 e. The number of rotatable bonds is 7. The normalized spacial score (nSPS) is 21.4. The van der Waals surface area contributed by atoms with Gasteiger partial charge in [0.25, 0.3) is 5.91 Å². The molecule has 35 heavy (non-hydrogen) atoms. The van der Waals surface area contributed by atoms with Crippen molar-refractivity contribution in [1.82, 2.24) is 15.5 Å². The molecule has 0 saturated carbocycles. The number of benzene rings is 1. The molecule has 1 saturated heterocycles. The van der Waals surface area contributed by atoms with E-state index in [9.17, 15) is 14.4 Å². The molecule has 3 atom stereocenters. The summed E-state index contributed by atoms with van der Waals surface area (Å²) in [5, 5.41) is 5.99. The Morgan fingerprint density at radius 2 is 1.74 bits per heavy atom. The molecule has 1 aromatic carbocycles. The Morgan fingerprint density at radius 1 is 1.11 bits per heavy atom. The van der Waals surface area contributed by atoms with E-state index in [0.29, 0.717) is 17.9 Å². The van der Waals surface area contributed by atoms with Gasteiger partial charge in [-0.3, -0.25) is 14.4 Å². The lowest BCUT2D eigenvalue weighted by atomic mass is 9.88. The van der Waals surface area contributed by atoms with Crippen LogP contribution in [-0.4, -0.2) is 40.7 Å². The fourth-order valence-electron chi connectivity index (χ4n) is 5.37. The second kappa shape index (κ2) is 9.88. The first-order chi connectivity index (χ1) is 16.6. The van der Waals surface area contributed by atoms with Gasteiger partial charge in [-0.2, -0.15) is 0 Å². The third-order valence-electron chi connectivity index (χ3n) is 7.12. The molecular weight excluding hydrogens is 442 g/mol. The molecule has 2 N–H and O–H groups in total. The standard InChI is InChI=1S/C28H37N3O4/c1-15(2)11-22-26(32)30-24(21-13-19-9-7-8-10-20(19)14-21)28(34)31(22)25(27(33)29-16(3)4)23-12-17(5)18(6)35-23/h7-10,12,15-16,21-22,24-25H,11,13-14H2,1-6H3,(H,29,33)(H,30,32)/t22-,24-,25?/m1/s1. The lowest BCUT2D eigenvalue weighted by molar-refractivity contribution is -0.158. The van der Waals surface area contributed by atoms with Crippen molar-refractivity contribution in [2.24, 2.45) is 11.8 Å². The zero-order valence-electron chi connectivity index (χ0n) is 21.6. The summed E-state index contributed by atoms with van der Waals surface area (Å²) in [7, 11) is 0. The first kappa shape index (κ1) is 25.0. The fourth-order valence-corrected chi connectivity index (χ4v) is 5.37. The molecule has 1 fully saturated rings. The lowest BCUT2D eigenvalue weighted by Gasteiger charge is -2.44. The molecule has 2 aliphatic rings. The molecule has 2 aromatic rings. The van der Waals surface area contributed by atoms with Gasteiger partial charge in [0.05, 0.1) is 0 Å². The predicted octanol–water partition coefficient (Wildman–Crippen LogP) is 3.62. The molecule has 2 heterocycles. The Hall–Kier alpha value is -3.09. The third kappa shape index (κ3) is 5.00. The Kier molecular flexibility index (Phi) is 7.06. The highest BCUT2D eigenvalue weighted by atomic mass is 16.3. The number of carbonyl (C=O) groups is 3. The third-order valence-corrected chi connectivity index (χ3v) is 7.12. The van der Waals surface area contributed by atoms with Crippen LogP contribution in [0.5, 0.6) is 0 Å². The van der Waals surface area contributed by atoms with Crippen LogP contribution in [0.4, 0.5) is 0 Å². The van der Waals surface area contributed by atoms with Gasteiger partial charge in [0.15, 0.2) is 6.04 Å². The molecule has 1 aromatic heterocycles. The van der Waals surface area contributed by atoms with E-state index < -0.39 is 18.1 Å². The zero-order valence-corrected chi connectivity index (χ0v) is 21.6. The number of aryl methyl sites for hydroxylation is 2. The predicted molar refractivity (Wildman–Crippen MR) is 134 cm³/mol. The van der Waals surface area contributed by atoms with Gasteiger partial charge in [0.1, 0.15) is 23.6 Å². The van der Waals surface area contributed by atoms with E-state index in [2.05, 4.69) is 22.8 Å². The molecule has 4 rings (SSSR count). The molecule has 0 radical (unpaired) electrons. The van der Waals surface area contributed by atoms with Gasteiger partial charge in [0, 0.05) is 6.04 Å². The smallest absolute Gasteiger partial charge is 0.250 e. The topological polar surface area (TPSA) is 91.7 Å². The first-order valence-corrected chi connectivity index (χ1v) is 12.6. The number of hydrogen-bond acceptors (Lipinski definition) is 4. The molecule has 0 bridgehead atoms. The maximum absolute atomic E-state index is 14.2. The highest BCUT2D eigenvalue weighted by Gasteiger charge is 2.50. The van der Waals surface area contributed by atoms with E-state index in [0.717, 1.165) is 18.4 Å². The Labute approximate surface area is 207 Å². The van der Waals surface area contributed by atoms with Crippen molar-refractivity contribution >= 4 is 17.7 Å². The van der Waals surface area contributed by atoms with Crippen LogP contribution in [0.2, 0.25) is 0 Å². The summed E-state index contributed by atoms with van der Waals surface area (Å²) in [4.78, 5) is 42.8. The first-order valence-electron chi connectivity index (χ1n) is 12.6. The van der Waals surface area contributed by atoms with E-state index >= 15 is 0 Å². The lowest BCUT2D eigenvalue weighted by Crippen LogP contribution is -2.67. The molecule has 1 unspecified atom stereocenters. The number of piperazine rings is 1. The largest absolute Gasteiger partial charge is 0.463 e. The fraction of sp³-hybridized carbons (Fsp3) is 0.536. The van der Waals surface area contributed by atoms with Crippen molar-refractivity contribution in [3.05, 3.63) is 58.5 Å². The molecule has 1 aliphatic carbocycles. The van der Waals surface area contributed by atoms with E-state index in [-0.39, 0.29) is 35.6 Å². The van der Waals surface area contributed by atoms with E-state index in [1.165, 1.54) is 16.0 Å². The second-order valence-corrected chi connectivity index (χ2v) is 10.8. The Morgan fingerprint density at radius 3 is 2.26 bits per heavy atom. The summed E-state index contributed by atoms with van der Waals surface area (Å²) in [6.45, 7) is 11.5. The molecule has 0 spiro atoms. The minimum Gasteiger partial charge on any atom is -0.463 e. The minimum atomic E-state index is -1.02. The average molecular weight is 480 g/mol. The van der Waals surface area contributed by atoms with Crippen LogP contribution in [0.1, 0.15) is 68.4 Å². The molecule has 1 aliphatic heterocycles. The van der Waals surface area contributed by atoms with Crippen molar-refractivity contribution in [1.29, 1.82) is 0 Å². The number of nitrogens with zero attached hydrogens (tertiary/aromatic N) is 1. The number of nitrogens with one attached hydrogen (secondary N) is 2. The molecule has 7 heteroatoms. The number of furan rings is 1. The molecular formula is C28H37N3O4. The van der Waals surface area contributed by atoms with Crippen molar-refractivity contribution in [2.45, 2.75) is 85.0 Å². The van der Waals surface area contributed by atoms with E-state index in [4.69, 9.17) is 4.42 Å². The second-order valence-electron chi connectivity index (χ2n) is 10.8. The van der Waals surface area contributed by atoms with Crippen LogP contribution in [0.15, 0.2) is 34.7 Å². The minimum absolute atomic E-state index is 0.0553. The van der Waals surface area contributed by atoms with Crippen LogP contribution in [0, 0.1) is 25.7 Å². The van der Waals surface area contributed by atoms with Gasteiger partial charge in [-0.25, -0.2) is 0 Å². The summed E-state index contributed by atoms with van der Waals surface area (Å²) in [5.74, 6) is 0.426. The summed E-state index contributed by atoms with van der Waals surface area (Å²) in [6.07, 6.45) is 1.90. The highest BCUT2D eigenvalue weighted by molar-refractivity contribution is 6.00. The maximum atomic E-state index is 14.2. The monoisotopic (exact) mass is 479 g/mol. The van der Waals surface area contributed by atoms with Crippen molar-refractivity contribution in [2.75, 3.05) is 0 Å². The summed E-state index contributed by atoms with van der Waals surface area (Å²) < 4.78 is 5.99. The molecule has 188 valence electrons. The summed E-state index contributed by atoms with van der Waals surface area (Å²) in [6, 6.07) is 7.39. The SMILES string of the molecule is Cc1cc(C(C(=O)NC(C)C)N2C(=O)[C@@H](C3Cc4ccccc4C3)NC(=O)[C@H]2CC(C)C)oc1C. The van der Waals surface area contributed by atoms with Crippen LogP contribution < -0.4 is 10.6 Å². The Balaban J connectivity index is 1.75. The van der Waals surface area contributed by atoms with Crippen LogP contribution in [0.3, 0.4) is 0 Å². The molecule has 7 nitrogen and oxygen atoms in total. The van der Waals surface area contributed by atoms with Gasteiger partial charge in [-0.05, 0) is 81.5 Å². The highest BCUT2D eigenvalue weighted by Crippen LogP contribution is 2.36. The Bertz CT molecular complexity index is 1070. The number of hydrogen-bond donors (Lipinski definition) is 2. The summed E-state index contributed by atoms with van der Waals surface area (Å²) in [5.41, 5.74) is 3.32.